The summed E-state index contributed by atoms with van der Waals surface area (Å²) in [4.78, 5) is 16.2. The summed E-state index contributed by atoms with van der Waals surface area (Å²) in [6.45, 7) is 2.32. The SMILES string of the molecule is O=C(c1cccc(C(F)(F)F)c1)N1CCN(CC(O)COc2ccc(-c3ccccc3)cc2)CC1. The lowest BCUT2D eigenvalue weighted by Crippen LogP contribution is -2.51. The Balaban J connectivity index is 1.22. The van der Waals surface area contributed by atoms with Crippen molar-refractivity contribution < 1.29 is 27.8 Å². The van der Waals surface area contributed by atoms with E-state index in [0.717, 1.165) is 23.3 Å². The van der Waals surface area contributed by atoms with Crippen LogP contribution in [-0.2, 0) is 6.18 Å². The van der Waals surface area contributed by atoms with Gasteiger partial charge in [-0.3, -0.25) is 9.69 Å². The number of benzene rings is 3. The van der Waals surface area contributed by atoms with Crippen LogP contribution in [0.1, 0.15) is 15.9 Å². The van der Waals surface area contributed by atoms with Crippen molar-refractivity contribution in [1.29, 1.82) is 0 Å². The first-order valence-corrected chi connectivity index (χ1v) is 11.4. The highest BCUT2D eigenvalue weighted by Gasteiger charge is 2.31. The van der Waals surface area contributed by atoms with Crippen LogP contribution in [-0.4, -0.2) is 66.2 Å². The number of ether oxygens (including phenoxy) is 1. The summed E-state index contributed by atoms with van der Waals surface area (Å²) in [5.41, 5.74) is 1.39. The molecule has 0 radical (unpaired) electrons. The monoisotopic (exact) mass is 484 g/mol. The normalized spacial score (nSPS) is 15.6. The van der Waals surface area contributed by atoms with Gasteiger partial charge in [0.1, 0.15) is 18.5 Å². The molecule has 1 saturated heterocycles. The molecule has 1 amide bonds. The van der Waals surface area contributed by atoms with E-state index in [9.17, 15) is 23.1 Å². The van der Waals surface area contributed by atoms with Gasteiger partial charge in [-0.15, -0.1) is 0 Å². The first kappa shape index (κ1) is 24.8. The number of carbonyl (C=O) groups excluding carboxylic acids is 1. The number of aliphatic hydroxyl groups is 1. The molecule has 0 aromatic heterocycles. The molecule has 1 heterocycles. The van der Waals surface area contributed by atoms with E-state index in [4.69, 9.17) is 4.74 Å². The molecule has 35 heavy (non-hydrogen) atoms. The van der Waals surface area contributed by atoms with E-state index in [1.54, 1.807) is 4.90 Å². The molecule has 1 aliphatic heterocycles. The van der Waals surface area contributed by atoms with Gasteiger partial charge in [0.2, 0.25) is 0 Å². The average molecular weight is 485 g/mol. The van der Waals surface area contributed by atoms with Crippen LogP contribution in [0.25, 0.3) is 11.1 Å². The van der Waals surface area contributed by atoms with Crippen LogP contribution in [0.4, 0.5) is 13.2 Å². The van der Waals surface area contributed by atoms with Gasteiger partial charge in [0.05, 0.1) is 5.56 Å². The van der Waals surface area contributed by atoms with Gasteiger partial charge in [-0.25, -0.2) is 0 Å². The highest BCUT2D eigenvalue weighted by Crippen LogP contribution is 2.30. The van der Waals surface area contributed by atoms with Crippen LogP contribution < -0.4 is 4.74 Å². The largest absolute Gasteiger partial charge is 0.491 e. The molecule has 4 rings (SSSR count). The molecule has 0 bridgehead atoms. The lowest BCUT2D eigenvalue weighted by Gasteiger charge is -2.35. The van der Waals surface area contributed by atoms with Crippen molar-refractivity contribution >= 4 is 5.91 Å². The van der Waals surface area contributed by atoms with E-state index in [-0.39, 0.29) is 12.2 Å². The van der Waals surface area contributed by atoms with E-state index in [2.05, 4.69) is 0 Å². The van der Waals surface area contributed by atoms with Crippen molar-refractivity contribution in [1.82, 2.24) is 9.80 Å². The molecule has 3 aromatic rings. The van der Waals surface area contributed by atoms with Crippen LogP contribution in [0.5, 0.6) is 5.75 Å². The molecule has 8 heteroatoms. The maximum absolute atomic E-state index is 12.9. The number of carbonyl (C=O) groups is 1. The van der Waals surface area contributed by atoms with Gasteiger partial charge in [-0.05, 0) is 41.5 Å². The van der Waals surface area contributed by atoms with Crippen molar-refractivity contribution in [2.75, 3.05) is 39.3 Å². The second kappa shape index (κ2) is 10.9. The zero-order valence-electron chi connectivity index (χ0n) is 19.1. The number of halogens is 3. The molecule has 1 aliphatic rings. The highest BCUT2D eigenvalue weighted by atomic mass is 19.4. The van der Waals surface area contributed by atoms with Gasteiger partial charge in [0, 0.05) is 38.3 Å². The lowest BCUT2D eigenvalue weighted by molar-refractivity contribution is -0.137. The minimum atomic E-state index is -4.49. The van der Waals surface area contributed by atoms with E-state index in [1.165, 1.54) is 12.1 Å². The number of rotatable bonds is 7. The summed E-state index contributed by atoms with van der Waals surface area (Å²) in [5, 5.41) is 10.4. The number of hydrogen-bond donors (Lipinski definition) is 1. The Hall–Kier alpha value is -3.36. The second-order valence-corrected chi connectivity index (χ2v) is 8.53. The fourth-order valence-corrected chi connectivity index (χ4v) is 4.06. The van der Waals surface area contributed by atoms with Gasteiger partial charge >= 0.3 is 6.18 Å². The maximum Gasteiger partial charge on any atom is 0.416 e. The van der Waals surface area contributed by atoms with Crippen LogP contribution in [0, 0.1) is 0 Å². The predicted molar refractivity (Wildman–Crippen MR) is 127 cm³/mol. The highest BCUT2D eigenvalue weighted by molar-refractivity contribution is 5.94. The molecule has 0 saturated carbocycles. The Morgan fingerprint density at radius 3 is 2.20 bits per heavy atom. The van der Waals surface area contributed by atoms with Crippen LogP contribution in [0.15, 0.2) is 78.9 Å². The van der Waals surface area contributed by atoms with E-state index < -0.39 is 23.8 Å². The molecule has 1 N–H and O–H groups in total. The fraction of sp³-hybridized carbons (Fsp3) is 0.296. The summed E-state index contributed by atoms with van der Waals surface area (Å²) < 4.78 is 44.5. The first-order chi connectivity index (χ1) is 16.8. The Kier molecular flexibility index (Phi) is 7.73. The molecule has 0 aliphatic carbocycles. The second-order valence-electron chi connectivity index (χ2n) is 8.53. The van der Waals surface area contributed by atoms with E-state index in [1.807, 2.05) is 59.5 Å². The summed E-state index contributed by atoms with van der Waals surface area (Å²) in [5.74, 6) is 0.249. The van der Waals surface area contributed by atoms with Gasteiger partial charge in [-0.2, -0.15) is 13.2 Å². The molecular weight excluding hydrogens is 457 g/mol. The minimum absolute atomic E-state index is 0.0278. The molecule has 184 valence electrons. The van der Waals surface area contributed by atoms with Crippen molar-refractivity contribution in [2.45, 2.75) is 12.3 Å². The Morgan fingerprint density at radius 1 is 0.886 bits per heavy atom. The number of aliphatic hydroxyl groups excluding tert-OH is 1. The molecular formula is C27H27F3N2O3. The number of β-amino-alcohol motifs (C(OH)–C–C–N with tert-alkyl or cyclic N) is 1. The number of amides is 1. The van der Waals surface area contributed by atoms with Gasteiger partial charge in [0.25, 0.3) is 5.91 Å². The lowest BCUT2D eigenvalue weighted by atomic mass is 10.1. The average Bonchev–Trinajstić information content (AvgIpc) is 2.88. The third-order valence-corrected chi connectivity index (χ3v) is 5.97. The van der Waals surface area contributed by atoms with Crippen LogP contribution in [0.2, 0.25) is 0 Å². The van der Waals surface area contributed by atoms with Gasteiger partial charge < -0.3 is 14.7 Å². The van der Waals surface area contributed by atoms with Crippen LogP contribution >= 0.6 is 0 Å². The van der Waals surface area contributed by atoms with E-state index in [0.29, 0.717) is 38.5 Å². The fourth-order valence-electron chi connectivity index (χ4n) is 4.06. The van der Waals surface area contributed by atoms with Crippen molar-refractivity contribution in [2.24, 2.45) is 0 Å². The zero-order valence-corrected chi connectivity index (χ0v) is 19.1. The molecule has 1 atom stereocenters. The van der Waals surface area contributed by atoms with Gasteiger partial charge in [-0.1, -0.05) is 48.5 Å². The standard InChI is InChI=1S/C27H27F3N2O3/c28-27(29,30)23-8-4-7-22(17-23)26(34)32-15-13-31(14-16-32)18-24(33)19-35-25-11-9-21(10-12-25)20-5-2-1-3-6-20/h1-12,17,24,33H,13-16,18-19H2. The molecule has 0 spiro atoms. The number of nitrogens with zero attached hydrogens (tertiary/aromatic N) is 2. The Bertz CT molecular complexity index is 1110. The van der Waals surface area contributed by atoms with E-state index >= 15 is 0 Å². The molecule has 5 nitrogen and oxygen atoms in total. The third kappa shape index (κ3) is 6.61. The smallest absolute Gasteiger partial charge is 0.416 e. The van der Waals surface area contributed by atoms with Crippen LogP contribution in [0.3, 0.4) is 0 Å². The third-order valence-electron chi connectivity index (χ3n) is 5.97. The quantitative estimate of drug-likeness (QED) is 0.534. The maximum atomic E-state index is 12.9. The number of alkyl halides is 3. The van der Waals surface area contributed by atoms with Crippen molar-refractivity contribution in [3.63, 3.8) is 0 Å². The summed E-state index contributed by atoms with van der Waals surface area (Å²) in [6, 6.07) is 22.2. The van der Waals surface area contributed by atoms with Gasteiger partial charge in [0.15, 0.2) is 0 Å². The Morgan fingerprint density at radius 2 is 1.54 bits per heavy atom. The number of hydrogen-bond acceptors (Lipinski definition) is 4. The summed E-state index contributed by atoms with van der Waals surface area (Å²) in [7, 11) is 0. The molecule has 1 fully saturated rings. The predicted octanol–water partition coefficient (Wildman–Crippen LogP) is 4.57. The minimum Gasteiger partial charge on any atom is -0.491 e. The molecule has 3 aromatic carbocycles. The topological polar surface area (TPSA) is 53.0 Å². The summed E-state index contributed by atoms with van der Waals surface area (Å²) >= 11 is 0. The summed E-state index contributed by atoms with van der Waals surface area (Å²) in [6.07, 6.45) is -5.20. The van der Waals surface area contributed by atoms with Crippen molar-refractivity contribution in [3.8, 4) is 16.9 Å². The zero-order chi connectivity index (χ0) is 24.8. The number of piperazine rings is 1. The van der Waals surface area contributed by atoms with Crippen molar-refractivity contribution in [3.05, 3.63) is 90.0 Å². The Labute approximate surface area is 202 Å². The molecule has 1 unspecified atom stereocenters. The first-order valence-electron chi connectivity index (χ1n) is 11.4.